The van der Waals surface area contributed by atoms with Crippen molar-refractivity contribution >= 4 is 5.91 Å². The number of hydrogen-bond acceptors (Lipinski definition) is 3. The zero-order valence-corrected chi connectivity index (χ0v) is 13.6. The molecule has 1 atom stereocenters. The van der Waals surface area contributed by atoms with E-state index in [1.807, 2.05) is 6.20 Å². The van der Waals surface area contributed by atoms with Crippen LogP contribution in [0.25, 0.3) is 0 Å². The molecule has 0 bridgehead atoms. The van der Waals surface area contributed by atoms with Crippen LogP contribution in [-0.4, -0.2) is 15.7 Å². The van der Waals surface area contributed by atoms with E-state index in [0.29, 0.717) is 11.3 Å². The summed E-state index contributed by atoms with van der Waals surface area (Å²) in [6.07, 6.45) is 6.49. The molecule has 2 heterocycles. The van der Waals surface area contributed by atoms with Gasteiger partial charge in [0.2, 0.25) is 0 Å². The fraction of sp³-hybridized carbons (Fsp3) is 0.529. The van der Waals surface area contributed by atoms with Crippen LogP contribution in [0.1, 0.15) is 67.0 Å². The molecular weight excluding hydrogens is 278 g/mol. The molecule has 2 aromatic heterocycles. The summed E-state index contributed by atoms with van der Waals surface area (Å²) in [4.78, 5) is 12.4. The maximum Gasteiger partial charge on any atom is 0.255 e. The minimum Gasteiger partial charge on any atom is -0.469 e. The van der Waals surface area contributed by atoms with Crippen LogP contribution in [0, 0.1) is 6.92 Å². The Balaban J connectivity index is 1.85. The molecule has 1 N–H and O–H groups in total. The topological polar surface area (TPSA) is 60.1 Å². The quantitative estimate of drug-likeness (QED) is 0.925. The number of carbonyl (C=O) groups is 1. The van der Waals surface area contributed by atoms with Gasteiger partial charge in [-0.25, -0.2) is 0 Å². The molecule has 3 rings (SSSR count). The Hall–Kier alpha value is -2.04. The summed E-state index contributed by atoms with van der Waals surface area (Å²) in [5.41, 5.74) is 2.96. The Labute approximate surface area is 130 Å². The number of furan rings is 1. The summed E-state index contributed by atoms with van der Waals surface area (Å²) in [6.45, 7) is 8.25. The molecule has 1 amide bonds. The number of nitrogens with one attached hydrogen (secondary N) is 1. The zero-order chi connectivity index (χ0) is 15.9. The Morgan fingerprint density at radius 3 is 2.86 bits per heavy atom. The Bertz CT molecular complexity index is 691. The average Bonchev–Trinajstić information content (AvgIpc) is 3.04. The number of rotatable bonds is 2. The standard InChI is InChI=1S/C17H23N3O2/c1-11-12(8-9-22-11)16(21)19-14-6-5-7-15-13(14)10-18-20(15)17(2,3)4/h8-10,14H,5-7H2,1-4H3,(H,19,21)/t14-/m0/s1. The van der Waals surface area contributed by atoms with Gasteiger partial charge in [-0.05, 0) is 53.0 Å². The molecule has 5 nitrogen and oxygen atoms in total. The molecule has 118 valence electrons. The largest absolute Gasteiger partial charge is 0.469 e. The van der Waals surface area contributed by atoms with Crippen LogP contribution in [0.3, 0.4) is 0 Å². The lowest BCUT2D eigenvalue weighted by Gasteiger charge is -2.28. The van der Waals surface area contributed by atoms with Crippen molar-refractivity contribution in [2.24, 2.45) is 0 Å². The zero-order valence-electron chi connectivity index (χ0n) is 13.6. The number of carbonyl (C=O) groups excluding carboxylic acids is 1. The van der Waals surface area contributed by atoms with Crippen molar-refractivity contribution in [3.8, 4) is 0 Å². The predicted octanol–water partition coefficient (Wildman–Crippen LogP) is 3.35. The molecule has 22 heavy (non-hydrogen) atoms. The van der Waals surface area contributed by atoms with E-state index in [9.17, 15) is 4.79 Å². The second-order valence-electron chi connectivity index (χ2n) is 6.94. The van der Waals surface area contributed by atoms with Crippen LogP contribution >= 0.6 is 0 Å². The highest BCUT2D eigenvalue weighted by molar-refractivity contribution is 5.95. The van der Waals surface area contributed by atoms with Gasteiger partial charge in [-0.15, -0.1) is 0 Å². The van der Waals surface area contributed by atoms with E-state index in [0.717, 1.165) is 24.8 Å². The van der Waals surface area contributed by atoms with Crippen molar-refractivity contribution in [3.63, 3.8) is 0 Å². The molecule has 1 aliphatic carbocycles. The molecule has 0 aliphatic heterocycles. The molecule has 1 aliphatic rings. The minimum absolute atomic E-state index is 0.0293. The third kappa shape index (κ3) is 2.56. The molecule has 0 aromatic carbocycles. The maximum atomic E-state index is 12.4. The summed E-state index contributed by atoms with van der Waals surface area (Å²) in [6, 6.07) is 1.74. The van der Waals surface area contributed by atoms with E-state index in [1.165, 1.54) is 5.69 Å². The molecular formula is C17H23N3O2. The minimum atomic E-state index is -0.0763. The molecule has 0 saturated heterocycles. The third-order valence-corrected chi connectivity index (χ3v) is 4.23. The van der Waals surface area contributed by atoms with Gasteiger partial charge in [0.05, 0.1) is 29.6 Å². The number of hydrogen-bond donors (Lipinski definition) is 1. The molecule has 0 spiro atoms. The van der Waals surface area contributed by atoms with Gasteiger partial charge in [-0.3, -0.25) is 9.48 Å². The van der Waals surface area contributed by atoms with Gasteiger partial charge in [-0.1, -0.05) is 0 Å². The summed E-state index contributed by atoms with van der Waals surface area (Å²) >= 11 is 0. The predicted molar refractivity (Wildman–Crippen MR) is 83.8 cm³/mol. The fourth-order valence-electron chi connectivity index (χ4n) is 3.14. The smallest absolute Gasteiger partial charge is 0.255 e. The normalized spacial score (nSPS) is 18.1. The SMILES string of the molecule is Cc1occc1C(=O)N[C@H]1CCCc2c1cnn2C(C)(C)C. The third-order valence-electron chi connectivity index (χ3n) is 4.23. The first-order valence-corrected chi connectivity index (χ1v) is 7.80. The van der Waals surface area contributed by atoms with Crippen molar-refractivity contribution in [2.45, 2.75) is 58.5 Å². The molecule has 5 heteroatoms. The monoisotopic (exact) mass is 301 g/mol. The Morgan fingerprint density at radius 2 is 2.23 bits per heavy atom. The van der Waals surface area contributed by atoms with Crippen LogP contribution in [0.4, 0.5) is 0 Å². The number of nitrogens with zero attached hydrogens (tertiary/aromatic N) is 2. The van der Waals surface area contributed by atoms with Crippen LogP contribution in [-0.2, 0) is 12.0 Å². The van der Waals surface area contributed by atoms with Gasteiger partial charge in [0, 0.05) is 11.3 Å². The van der Waals surface area contributed by atoms with Crippen LogP contribution in [0.15, 0.2) is 22.9 Å². The second-order valence-corrected chi connectivity index (χ2v) is 6.94. The highest BCUT2D eigenvalue weighted by atomic mass is 16.3. The summed E-state index contributed by atoms with van der Waals surface area (Å²) in [7, 11) is 0. The molecule has 0 fully saturated rings. The van der Waals surface area contributed by atoms with Gasteiger partial charge in [-0.2, -0.15) is 5.10 Å². The van der Waals surface area contributed by atoms with E-state index in [4.69, 9.17) is 4.42 Å². The van der Waals surface area contributed by atoms with Crippen molar-refractivity contribution in [3.05, 3.63) is 41.1 Å². The Morgan fingerprint density at radius 1 is 1.45 bits per heavy atom. The first kappa shape index (κ1) is 14.9. The van der Waals surface area contributed by atoms with E-state index >= 15 is 0 Å². The molecule has 0 saturated carbocycles. The number of amides is 1. The summed E-state index contributed by atoms with van der Waals surface area (Å²) in [5, 5.41) is 7.68. The number of aryl methyl sites for hydroxylation is 1. The van der Waals surface area contributed by atoms with Gasteiger partial charge >= 0.3 is 0 Å². The lowest BCUT2D eigenvalue weighted by Crippen LogP contribution is -2.32. The van der Waals surface area contributed by atoms with Gasteiger partial charge in [0.1, 0.15) is 5.76 Å². The van der Waals surface area contributed by atoms with E-state index in [1.54, 1.807) is 19.3 Å². The van der Waals surface area contributed by atoms with Crippen molar-refractivity contribution in [2.75, 3.05) is 0 Å². The van der Waals surface area contributed by atoms with Crippen LogP contribution < -0.4 is 5.32 Å². The number of fused-ring (bicyclic) bond motifs is 1. The van der Waals surface area contributed by atoms with Crippen LogP contribution in [0.5, 0.6) is 0 Å². The van der Waals surface area contributed by atoms with Gasteiger partial charge < -0.3 is 9.73 Å². The maximum absolute atomic E-state index is 12.4. The lowest BCUT2D eigenvalue weighted by atomic mass is 9.92. The first-order valence-electron chi connectivity index (χ1n) is 7.80. The highest BCUT2D eigenvalue weighted by Crippen LogP contribution is 2.32. The Kier molecular flexibility index (Phi) is 3.59. The molecule has 2 aromatic rings. The average molecular weight is 301 g/mol. The summed E-state index contributed by atoms with van der Waals surface area (Å²) in [5.74, 6) is 0.575. The van der Waals surface area contributed by atoms with Crippen molar-refractivity contribution < 1.29 is 9.21 Å². The summed E-state index contributed by atoms with van der Waals surface area (Å²) < 4.78 is 7.30. The van der Waals surface area contributed by atoms with Gasteiger partial charge in [0.15, 0.2) is 0 Å². The highest BCUT2D eigenvalue weighted by Gasteiger charge is 2.29. The van der Waals surface area contributed by atoms with E-state index in [2.05, 4.69) is 35.9 Å². The first-order chi connectivity index (χ1) is 10.4. The van der Waals surface area contributed by atoms with Crippen LogP contribution in [0.2, 0.25) is 0 Å². The lowest BCUT2D eigenvalue weighted by molar-refractivity contribution is 0.0931. The molecule has 0 unspecified atom stereocenters. The van der Waals surface area contributed by atoms with Crippen molar-refractivity contribution in [1.29, 1.82) is 0 Å². The number of aromatic nitrogens is 2. The van der Waals surface area contributed by atoms with E-state index < -0.39 is 0 Å². The fourth-order valence-corrected chi connectivity index (χ4v) is 3.14. The van der Waals surface area contributed by atoms with Crippen molar-refractivity contribution in [1.82, 2.24) is 15.1 Å². The van der Waals surface area contributed by atoms with Gasteiger partial charge in [0.25, 0.3) is 5.91 Å². The molecule has 0 radical (unpaired) electrons. The van der Waals surface area contributed by atoms with E-state index in [-0.39, 0.29) is 17.5 Å². The second kappa shape index (κ2) is 5.30.